The molecule has 0 fully saturated rings. The van der Waals surface area contributed by atoms with E-state index in [0.717, 1.165) is 5.69 Å². The maximum atomic E-state index is 11.1. The minimum atomic E-state index is -0.664. The quantitative estimate of drug-likeness (QED) is 0.136. The molecular formula is C40H37Cl5N18O8. The Bertz CT molecular complexity index is 3120. The van der Waals surface area contributed by atoms with Crippen LogP contribution in [0.3, 0.4) is 0 Å². The highest BCUT2D eigenvalue weighted by molar-refractivity contribution is 6.34. The third-order valence-electron chi connectivity index (χ3n) is 7.62. The van der Waals surface area contributed by atoms with Crippen LogP contribution in [0.4, 0.5) is 5.82 Å². The molecule has 8 aromatic heterocycles. The molecule has 8 heterocycles. The number of H-pyrrole nitrogens is 1. The molecular weight excluding hydrogens is 1040 g/mol. The number of primary amides is 2. The van der Waals surface area contributed by atoms with Crippen molar-refractivity contribution in [2.24, 2.45) is 11.5 Å². The second kappa shape index (κ2) is 27.8. The Morgan fingerprint density at radius 2 is 1.01 bits per heavy atom. The molecule has 8 aromatic rings. The summed E-state index contributed by atoms with van der Waals surface area (Å²) < 4.78 is 13.7. The van der Waals surface area contributed by atoms with Gasteiger partial charge in [-0.05, 0) is 33.8 Å². The minimum absolute atomic E-state index is 0.0114. The second-order valence-corrected chi connectivity index (χ2v) is 14.7. The van der Waals surface area contributed by atoms with Crippen molar-refractivity contribution in [2.45, 2.75) is 27.7 Å². The Kier molecular flexibility index (Phi) is 22.5. The molecule has 8 rings (SSSR count). The van der Waals surface area contributed by atoms with Crippen molar-refractivity contribution in [3.63, 3.8) is 0 Å². The van der Waals surface area contributed by atoms with E-state index in [-0.39, 0.29) is 54.8 Å². The van der Waals surface area contributed by atoms with Gasteiger partial charge in [0.15, 0.2) is 60.4 Å². The van der Waals surface area contributed by atoms with Crippen LogP contribution < -0.4 is 27.5 Å². The van der Waals surface area contributed by atoms with Gasteiger partial charge in [0.05, 0.1) is 62.0 Å². The Morgan fingerprint density at radius 3 is 1.52 bits per heavy atom. The van der Waals surface area contributed by atoms with Crippen LogP contribution in [0, 0.1) is 27.7 Å². The number of methoxy groups -OCH3 is 3. The van der Waals surface area contributed by atoms with Gasteiger partial charge in [0.25, 0.3) is 17.4 Å². The second-order valence-electron chi connectivity index (χ2n) is 12.9. The summed E-state index contributed by atoms with van der Waals surface area (Å²) in [7, 11) is 4.01. The third kappa shape index (κ3) is 17.8. The van der Waals surface area contributed by atoms with Crippen LogP contribution in [0.15, 0.2) is 60.6 Å². The summed E-state index contributed by atoms with van der Waals surface area (Å²) in [4.78, 5) is 110. The standard InChI is InChI=1S/C8H7N3O.C7H5ClN4O.C7H7ClN2O2.C6H4Cl2N2O2.C6H6ClN3O.C6H8N4O/c1-5-4-10-7-6(11-5)2-3-9-8(7)12;1-13-4-2-9-5-6(8)10-3-11-7(5)12-4;1-4-3-9-5(6(8)10-4)7(11)12-2;1-12-6(11)4-5(8)10-3(7)2-9-4;2*1-3-2-9-4(6(8)11)5(7)10-3/h2-4H,1H3,(H,9,12);2-3H,1H3;3H,1-2H3;2H,1H3;2H,1H3,(H2,8,11);2H,1H3,(H2,7,10)(H2,8,11). The predicted octanol–water partition coefficient (Wildman–Crippen LogP) is 4.51. The lowest BCUT2D eigenvalue weighted by Gasteiger charge is -1.99. The average molecular weight is 1080 g/mol. The number of nitrogens with zero attached hydrogens (tertiary/aromatic N) is 14. The number of nitrogens with one attached hydrogen (secondary N) is 1. The SMILES string of the molecule is COC(=O)c1ncc(C)nc1Cl.COC(=O)c1ncc(Cl)nc1Cl.COc1cnc2c(Cl)ncnc2n1.Cc1cnc(C(N)=O)c(Cl)n1.Cc1cnc(C(N)=O)c(N)n1.Cc1cnc2c(=O)[nH]ccc2n1. The molecule has 0 aromatic carbocycles. The van der Waals surface area contributed by atoms with Gasteiger partial charge in [-0.15, -0.1) is 0 Å². The van der Waals surface area contributed by atoms with Crippen LogP contribution in [0.1, 0.15) is 64.7 Å². The molecule has 0 aliphatic heterocycles. The highest BCUT2D eigenvalue weighted by atomic mass is 35.5. The number of fused-ring (bicyclic) bond motifs is 2. The van der Waals surface area contributed by atoms with Crippen LogP contribution >= 0.6 is 58.0 Å². The first kappa shape index (κ1) is 57.3. The van der Waals surface area contributed by atoms with Gasteiger partial charge in [-0.3, -0.25) is 14.4 Å². The van der Waals surface area contributed by atoms with Crippen molar-refractivity contribution in [2.75, 3.05) is 27.1 Å². The smallest absolute Gasteiger partial charge is 0.359 e. The number of aromatic amines is 1. The first-order valence-corrected chi connectivity index (χ1v) is 21.0. The molecule has 0 unspecified atom stereocenters. The number of esters is 2. The number of hydrogen-bond acceptors (Lipinski definition) is 23. The number of carbonyl (C=O) groups is 4. The molecule has 0 bridgehead atoms. The van der Waals surface area contributed by atoms with Gasteiger partial charge >= 0.3 is 11.9 Å². The lowest BCUT2D eigenvalue weighted by molar-refractivity contribution is 0.0585. The fourth-order valence-corrected chi connectivity index (χ4v) is 5.61. The van der Waals surface area contributed by atoms with Crippen molar-refractivity contribution in [3.8, 4) is 5.88 Å². The zero-order valence-electron chi connectivity index (χ0n) is 37.8. The number of halogens is 5. The molecule has 370 valence electrons. The Morgan fingerprint density at radius 1 is 0.535 bits per heavy atom. The van der Waals surface area contributed by atoms with Gasteiger partial charge in [-0.2, -0.15) is 4.98 Å². The number of ether oxygens (including phenoxy) is 3. The average Bonchev–Trinajstić information content (AvgIpc) is 3.32. The number of pyridine rings is 1. The van der Waals surface area contributed by atoms with E-state index in [1.165, 1.54) is 58.6 Å². The Hall–Kier alpha value is -8.04. The first-order chi connectivity index (χ1) is 33.6. The first-order valence-electron chi connectivity index (χ1n) is 19.1. The van der Waals surface area contributed by atoms with E-state index in [1.54, 1.807) is 39.2 Å². The van der Waals surface area contributed by atoms with Gasteiger partial charge in [0.1, 0.15) is 17.0 Å². The number of nitrogen functional groups attached to an aromatic ring is 1. The lowest BCUT2D eigenvalue weighted by Crippen LogP contribution is -2.16. The summed E-state index contributed by atoms with van der Waals surface area (Å²) in [5, 5.41) is 0.488. The number of carbonyl (C=O) groups excluding carboxylic acids is 4. The van der Waals surface area contributed by atoms with Gasteiger partial charge < -0.3 is 36.4 Å². The van der Waals surface area contributed by atoms with E-state index in [4.69, 9.17) is 79.9 Å². The van der Waals surface area contributed by atoms with Crippen molar-refractivity contribution in [1.82, 2.24) is 74.8 Å². The van der Waals surface area contributed by atoms with E-state index in [1.807, 2.05) is 6.92 Å². The van der Waals surface area contributed by atoms with E-state index in [9.17, 15) is 24.0 Å². The van der Waals surface area contributed by atoms with E-state index in [0.29, 0.717) is 50.3 Å². The number of amides is 2. The summed E-state index contributed by atoms with van der Waals surface area (Å²) >= 11 is 27.9. The molecule has 0 aliphatic rings. The maximum Gasteiger partial charge on any atom is 0.359 e. The number of aromatic nitrogens is 15. The van der Waals surface area contributed by atoms with Crippen LogP contribution in [0.5, 0.6) is 5.88 Å². The van der Waals surface area contributed by atoms with Gasteiger partial charge in [-0.1, -0.05) is 58.0 Å². The summed E-state index contributed by atoms with van der Waals surface area (Å²) in [6, 6.07) is 1.73. The zero-order valence-corrected chi connectivity index (χ0v) is 41.6. The molecule has 2 amide bonds. The summed E-state index contributed by atoms with van der Waals surface area (Å²) in [6.45, 7) is 7.03. The van der Waals surface area contributed by atoms with Gasteiger partial charge in [-0.25, -0.2) is 74.4 Å². The van der Waals surface area contributed by atoms with Crippen molar-refractivity contribution >= 4 is 110 Å². The van der Waals surface area contributed by atoms with Gasteiger partial charge in [0.2, 0.25) is 5.88 Å². The lowest BCUT2D eigenvalue weighted by atomic mass is 10.3. The largest absolute Gasteiger partial charge is 0.480 e. The van der Waals surface area contributed by atoms with E-state index >= 15 is 0 Å². The summed E-state index contributed by atoms with van der Waals surface area (Å²) in [6.07, 6.45) is 11.5. The number of nitrogens with two attached hydrogens (primary N) is 3. The highest BCUT2D eigenvalue weighted by Crippen LogP contribution is 2.17. The van der Waals surface area contributed by atoms with Crippen LogP contribution in [0.2, 0.25) is 25.8 Å². The fraction of sp³-hybridized carbons (Fsp3) is 0.175. The van der Waals surface area contributed by atoms with Crippen molar-refractivity contribution in [3.05, 3.63) is 137 Å². The Labute approximate surface area is 425 Å². The van der Waals surface area contributed by atoms with Crippen molar-refractivity contribution < 1.29 is 33.4 Å². The highest BCUT2D eigenvalue weighted by Gasteiger charge is 2.15. The minimum Gasteiger partial charge on any atom is -0.480 e. The molecule has 0 atom stereocenters. The third-order valence-corrected chi connectivity index (χ3v) is 8.87. The number of hydrogen-bond donors (Lipinski definition) is 4. The topological polar surface area (TPSA) is 387 Å². The molecule has 0 radical (unpaired) electrons. The van der Waals surface area contributed by atoms with Gasteiger partial charge in [0, 0.05) is 31.0 Å². The molecule has 0 spiro atoms. The normalized spacial score (nSPS) is 9.86. The van der Waals surface area contributed by atoms with E-state index < -0.39 is 23.8 Å². The molecule has 7 N–H and O–H groups in total. The monoisotopic (exact) mass is 1070 g/mol. The molecule has 0 saturated carbocycles. The summed E-state index contributed by atoms with van der Waals surface area (Å²) in [5.41, 5.74) is 19.8. The van der Waals surface area contributed by atoms with Crippen molar-refractivity contribution in [1.29, 1.82) is 0 Å². The molecule has 0 saturated heterocycles. The number of aryl methyl sites for hydroxylation is 4. The van der Waals surface area contributed by atoms with E-state index in [2.05, 4.69) is 84.2 Å². The Balaban J connectivity index is 0.000000225. The zero-order chi connectivity index (χ0) is 52.9. The molecule has 0 aliphatic carbocycles. The number of rotatable bonds is 5. The van der Waals surface area contributed by atoms with Crippen LogP contribution in [-0.2, 0) is 9.47 Å². The fourth-order valence-electron chi connectivity index (χ4n) is 4.51. The summed E-state index contributed by atoms with van der Waals surface area (Å²) in [5.74, 6) is -2.05. The molecule has 26 nitrogen and oxygen atoms in total. The molecule has 31 heteroatoms. The van der Waals surface area contributed by atoms with Crippen LogP contribution in [0.25, 0.3) is 22.2 Å². The molecule has 71 heavy (non-hydrogen) atoms. The maximum absolute atomic E-state index is 11.1. The van der Waals surface area contributed by atoms with Crippen LogP contribution in [-0.4, -0.2) is 120 Å². The predicted molar refractivity (Wildman–Crippen MR) is 258 cm³/mol. The number of anilines is 1.